The maximum atomic E-state index is 5.90. The highest BCUT2D eigenvalue weighted by molar-refractivity contribution is 9.10. The van der Waals surface area contributed by atoms with Crippen molar-refractivity contribution < 1.29 is 4.74 Å². The Morgan fingerprint density at radius 2 is 2.30 bits per heavy atom. The molecule has 1 aromatic carbocycles. The molecule has 2 aromatic rings. The van der Waals surface area contributed by atoms with E-state index < -0.39 is 0 Å². The van der Waals surface area contributed by atoms with Gasteiger partial charge in [0.1, 0.15) is 12.4 Å². The normalized spacial score (nSPS) is 14.5. The van der Waals surface area contributed by atoms with Crippen LogP contribution in [0.3, 0.4) is 0 Å². The lowest BCUT2D eigenvalue weighted by Crippen LogP contribution is -2.06. The average Bonchev–Trinajstić information content (AvgIpc) is 3.17. The van der Waals surface area contributed by atoms with Crippen LogP contribution in [0, 0.1) is 0 Å². The maximum absolute atomic E-state index is 5.90. The van der Waals surface area contributed by atoms with Gasteiger partial charge in [0.2, 0.25) is 0 Å². The first kappa shape index (κ1) is 13.6. The number of benzene rings is 1. The van der Waals surface area contributed by atoms with E-state index in [1.165, 1.54) is 18.4 Å². The van der Waals surface area contributed by atoms with E-state index in [1.807, 2.05) is 25.6 Å². The molecule has 1 N–H and O–H groups in total. The third kappa shape index (κ3) is 3.04. The molecule has 5 heteroatoms. The average molecular weight is 336 g/mol. The standard InChI is InChI=1S/C15H18BrN3O/c1-17-7-11-2-5-15(14(16)6-11)20-9-13-8-18-10-19(13)12-3-4-12/h2,5-6,8,10,12,17H,3-4,7,9H2,1H3. The molecule has 1 fully saturated rings. The summed E-state index contributed by atoms with van der Waals surface area (Å²) in [6, 6.07) is 6.81. The van der Waals surface area contributed by atoms with E-state index in [0.717, 1.165) is 22.5 Å². The quantitative estimate of drug-likeness (QED) is 0.880. The Kier molecular flexibility index (Phi) is 4.08. The van der Waals surface area contributed by atoms with Crippen molar-refractivity contribution in [2.75, 3.05) is 7.05 Å². The van der Waals surface area contributed by atoms with Crippen LogP contribution in [0.5, 0.6) is 5.75 Å². The maximum Gasteiger partial charge on any atom is 0.134 e. The lowest BCUT2D eigenvalue weighted by molar-refractivity contribution is 0.293. The molecule has 1 aliphatic rings. The van der Waals surface area contributed by atoms with E-state index in [-0.39, 0.29) is 0 Å². The van der Waals surface area contributed by atoms with Gasteiger partial charge in [-0.2, -0.15) is 0 Å². The van der Waals surface area contributed by atoms with Gasteiger partial charge in [-0.1, -0.05) is 6.07 Å². The summed E-state index contributed by atoms with van der Waals surface area (Å²) in [7, 11) is 1.94. The van der Waals surface area contributed by atoms with E-state index in [9.17, 15) is 0 Å². The zero-order valence-corrected chi connectivity index (χ0v) is 13.1. The molecule has 0 aliphatic heterocycles. The Balaban J connectivity index is 1.67. The molecule has 1 aliphatic carbocycles. The van der Waals surface area contributed by atoms with Gasteiger partial charge < -0.3 is 14.6 Å². The molecular weight excluding hydrogens is 318 g/mol. The molecule has 1 saturated carbocycles. The molecule has 0 spiro atoms. The van der Waals surface area contributed by atoms with Gasteiger partial charge in [-0.3, -0.25) is 0 Å². The predicted octanol–water partition coefficient (Wildman–Crippen LogP) is 3.28. The van der Waals surface area contributed by atoms with Crippen LogP contribution < -0.4 is 10.1 Å². The molecule has 3 rings (SSSR count). The molecule has 0 saturated heterocycles. The van der Waals surface area contributed by atoms with Gasteiger partial charge >= 0.3 is 0 Å². The summed E-state index contributed by atoms with van der Waals surface area (Å²) >= 11 is 3.57. The second-order valence-electron chi connectivity index (χ2n) is 5.11. The van der Waals surface area contributed by atoms with Crippen molar-refractivity contribution in [3.05, 3.63) is 46.5 Å². The zero-order chi connectivity index (χ0) is 13.9. The van der Waals surface area contributed by atoms with Crippen LogP contribution in [-0.2, 0) is 13.2 Å². The van der Waals surface area contributed by atoms with Crippen LogP contribution >= 0.6 is 15.9 Å². The Labute approximate surface area is 127 Å². The molecule has 0 unspecified atom stereocenters. The summed E-state index contributed by atoms with van der Waals surface area (Å²) in [5.41, 5.74) is 2.37. The van der Waals surface area contributed by atoms with E-state index in [0.29, 0.717) is 12.6 Å². The van der Waals surface area contributed by atoms with Crippen LogP contribution in [-0.4, -0.2) is 16.6 Å². The lowest BCUT2D eigenvalue weighted by atomic mass is 10.2. The molecular formula is C15H18BrN3O. The van der Waals surface area contributed by atoms with Crippen LogP contribution in [0.1, 0.15) is 30.1 Å². The topological polar surface area (TPSA) is 39.1 Å². The molecule has 0 atom stereocenters. The van der Waals surface area contributed by atoms with Crippen LogP contribution in [0.2, 0.25) is 0 Å². The number of ether oxygens (including phenoxy) is 1. The van der Waals surface area contributed by atoms with Gasteiger partial charge in [0.25, 0.3) is 0 Å². The third-order valence-corrected chi connectivity index (χ3v) is 4.06. The number of nitrogens with one attached hydrogen (secondary N) is 1. The monoisotopic (exact) mass is 335 g/mol. The third-order valence-electron chi connectivity index (χ3n) is 3.44. The molecule has 20 heavy (non-hydrogen) atoms. The Bertz CT molecular complexity index is 593. The highest BCUT2D eigenvalue weighted by atomic mass is 79.9. The first-order valence-corrected chi connectivity index (χ1v) is 7.64. The second kappa shape index (κ2) is 5.97. The van der Waals surface area contributed by atoms with Crippen LogP contribution in [0.4, 0.5) is 0 Å². The minimum atomic E-state index is 0.556. The number of hydrogen-bond acceptors (Lipinski definition) is 3. The Morgan fingerprint density at radius 3 is 3.00 bits per heavy atom. The first-order chi connectivity index (χ1) is 9.78. The van der Waals surface area contributed by atoms with Crippen molar-refractivity contribution in [1.29, 1.82) is 0 Å². The lowest BCUT2D eigenvalue weighted by Gasteiger charge is -2.11. The molecule has 1 aromatic heterocycles. The number of nitrogens with zero attached hydrogens (tertiary/aromatic N) is 2. The van der Waals surface area contributed by atoms with Crippen LogP contribution in [0.15, 0.2) is 35.2 Å². The summed E-state index contributed by atoms with van der Waals surface area (Å²) < 4.78 is 9.12. The van der Waals surface area contributed by atoms with Gasteiger partial charge in [-0.05, 0) is 53.5 Å². The Morgan fingerprint density at radius 1 is 1.45 bits per heavy atom. The van der Waals surface area contributed by atoms with E-state index >= 15 is 0 Å². The van der Waals surface area contributed by atoms with E-state index in [4.69, 9.17) is 4.74 Å². The molecule has 1 heterocycles. The Hall–Kier alpha value is -1.33. The number of rotatable bonds is 6. The zero-order valence-electron chi connectivity index (χ0n) is 11.5. The highest BCUT2D eigenvalue weighted by Gasteiger charge is 2.25. The molecule has 0 amide bonds. The fraction of sp³-hybridized carbons (Fsp3) is 0.400. The molecule has 0 bridgehead atoms. The van der Waals surface area contributed by atoms with Gasteiger partial charge in [0, 0.05) is 12.6 Å². The number of halogens is 1. The van der Waals surface area contributed by atoms with Gasteiger partial charge in [0.15, 0.2) is 0 Å². The number of hydrogen-bond donors (Lipinski definition) is 1. The van der Waals surface area contributed by atoms with Crippen molar-refractivity contribution in [3.8, 4) is 5.75 Å². The summed E-state index contributed by atoms with van der Waals surface area (Å²) in [6.07, 6.45) is 6.31. The van der Waals surface area contributed by atoms with Crippen molar-refractivity contribution in [3.63, 3.8) is 0 Å². The fourth-order valence-electron chi connectivity index (χ4n) is 2.25. The van der Waals surface area contributed by atoms with Crippen molar-refractivity contribution in [2.24, 2.45) is 0 Å². The predicted molar refractivity (Wildman–Crippen MR) is 81.7 cm³/mol. The van der Waals surface area contributed by atoms with Crippen LogP contribution in [0.25, 0.3) is 0 Å². The second-order valence-corrected chi connectivity index (χ2v) is 5.96. The fourth-order valence-corrected chi connectivity index (χ4v) is 2.79. The van der Waals surface area contributed by atoms with Gasteiger partial charge in [-0.25, -0.2) is 4.98 Å². The van der Waals surface area contributed by atoms with Gasteiger partial charge in [-0.15, -0.1) is 0 Å². The number of aromatic nitrogens is 2. The van der Waals surface area contributed by atoms with Crippen molar-refractivity contribution >= 4 is 15.9 Å². The largest absolute Gasteiger partial charge is 0.486 e. The summed E-state index contributed by atoms with van der Waals surface area (Å²) in [5, 5.41) is 3.14. The summed E-state index contributed by atoms with van der Waals surface area (Å²) in [5.74, 6) is 0.869. The minimum absolute atomic E-state index is 0.556. The van der Waals surface area contributed by atoms with Gasteiger partial charge in [0.05, 0.1) is 22.7 Å². The van der Waals surface area contributed by atoms with Crippen molar-refractivity contribution in [2.45, 2.75) is 32.0 Å². The highest BCUT2D eigenvalue weighted by Crippen LogP contribution is 2.36. The first-order valence-electron chi connectivity index (χ1n) is 6.84. The number of imidazole rings is 1. The minimum Gasteiger partial charge on any atom is -0.486 e. The molecule has 4 nitrogen and oxygen atoms in total. The van der Waals surface area contributed by atoms with E-state index in [2.05, 4.69) is 42.9 Å². The smallest absolute Gasteiger partial charge is 0.134 e. The summed E-state index contributed by atoms with van der Waals surface area (Å²) in [4.78, 5) is 4.22. The van der Waals surface area contributed by atoms with Crippen molar-refractivity contribution in [1.82, 2.24) is 14.9 Å². The molecule has 106 valence electrons. The van der Waals surface area contributed by atoms with E-state index in [1.54, 1.807) is 0 Å². The SMILES string of the molecule is CNCc1ccc(OCc2cncn2C2CC2)c(Br)c1. The summed E-state index contributed by atoms with van der Waals surface area (Å²) in [6.45, 7) is 1.41. The molecule has 0 radical (unpaired) electrons.